The lowest BCUT2D eigenvalue weighted by Gasteiger charge is -2.26. The number of carbonyl (C=O) groups is 1. The highest BCUT2D eigenvalue weighted by molar-refractivity contribution is 7.89. The quantitative estimate of drug-likeness (QED) is 0.668. The number of amides is 1. The van der Waals surface area contributed by atoms with Gasteiger partial charge in [0.05, 0.1) is 6.54 Å². The molecule has 162 valence electrons. The van der Waals surface area contributed by atoms with Crippen LogP contribution in [0.4, 0.5) is 5.82 Å². The van der Waals surface area contributed by atoms with Crippen molar-refractivity contribution in [2.45, 2.75) is 37.6 Å². The van der Waals surface area contributed by atoms with Crippen LogP contribution in [0.15, 0.2) is 47.5 Å². The van der Waals surface area contributed by atoms with E-state index in [0.717, 1.165) is 24.8 Å². The van der Waals surface area contributed by atoms with Crippen molar-refractivity contribution in [1.29, 1.82) is 0 Å². The van der Waals surface area contributed by atoms with E-state index in [1.807, 2.05) is 19.1 Å². The van der Waals surface area contributed by atoms with E-state index in [4.69, 9.17) is 11.6 Å². The lowest BCUT2D eigenvalue weighted by atomic mass is 10.2. The number of anilines is 1. The Morgan fingerprint density at radius 1 is 1.13 bits per heavy atom. The monoisotopic (exact) mass is 450 g/mol. The fourth-order valence-corrected chi connectivity index (χ4v) is 4.94. The van der Waals surface area contributed by atoms with E-state index >= 15 is 0 Å². The fourth-order valence-electron chi connectivity index (χ4n) is 3.35. The van der Waals surface area contributed by atoms with Gasteiger partial charge in [-0.05, 0) is 49.6 Å². The molecule has 3 rings (SSSR count). The summed E-state index contributed by atoms with van der Waals surface area (Å²) in [6.07, 6.45) is 4.22. The molecule has 1 aromatic carbocycles. The number of hydrogen-bond acceptors (Lipinski definition) is 5. The Kier molecular flexibility index (Phi) is 7.69. The van der Waals surface area contributed by atoms with Crippen molar-refractivity contribution >= 4 is 33.3 Å². The Bertz CT molecular complexity index is 943. The van der Waals surface area contributed by atoms with Crippen LogP contribution in [0.25, 0.3) is 0 Å². The van der Waals surface area contributed by atoms with E-state index in [-0.39, 0.29) is 17.3 Å². The molecule has 0 radical (unpaired) electrons. The molecule has 1 aliphatic rings. The summed E-state index contributed by atoms with van der Waals surface area (Å²) in [4.78, 5) is 18.7. The molecule has 0 bridgehead atoms. The van der Waals surface area contributed by atoms with Crippen LogP contribution in [0, 0.1) is 0 Å². The number of carbonyl (C=O) groups excluding carboxylic acids is 1. The van der Waals surface area contributed by atoms with Gasteiger partial charge in [0.1, 0.15) is 10.7 Å². The standard InChI is InChI=1S/C21H27ClN4O3S/c1-2-25(16-21(27)24-14-17-6-8-18(22)9-7-17)20-11-10-19(15-23-20)30(28,29)26-12-4-3-5-13-26/h6-11,15H,2-5,12-14,16H2,1H3,(H,24,27). The minimum atomic E-state index is -3.51. The zero-order chi connectivity index (χ0) is 21.6. The van der Waals surface area contributed by atoms with Gasteiger partial charge in [-0.3, -0.25) is 4.79 Å². The second kappa shape index (κ2) is 10.2. The van der Waals surface area contributed by atoms with Crippen LogP contribution < -0.4 is 10.2 Å². The predicted octanol–water partition coefficient (Wildman–Crippen LogP) is 3.05. The van der Waals surface area contributed by atoms with Crippen molar-refractivity contribution in [1.82, 2.24) is 14.6 Å². The minimum absolute atomic E-state index is 0.134. The summed E-state index contributed by atoms with van der Waals surface area (Å²) in [6.45, 7) is 4.15. The van der Waals surface area contributed by atoms with E-state index in [1.54, 1.807) is 29.2 Å². The van der Waals surface area contributed by atoms with Gasteiger partial charge in [-0.1, -0.05) is 30.2 Å². The molecule has 0 unspecified atom stereocenters. The molecular formula is C21H27ClN4O3S. The number of aromatic nitrogens is 1. The number of benzene rings is 1. The van der Waals surface area contributed by atoms with Crippen molar-refractivity contribution in [3.8, 4) is 0 Å². The zero-order valence-electron chi connectivity index (χ0n) is 17.1. The number of piperidine rings is 1. The van der Waals surface area contributed by atoms with E-state index in [0.29, 0.717) is 37.0 Å². The SMILES string of the molecule is CCN(CC(=O)NCc1ccc(Cl)cc1)c1ccc(S(=O)(=O)N2CCCCC2)cn1. The maximum absolute atomic E-state index is 12.8. The topological polar surface area (TPSA) is 82.6 Å². The van der Waals surface area contributed by atoms with Crippen LogP contribution in [0.2, 0.25) is 5.02 Å². The average molecular weight is 451 g/mol. The highest BCUT2D eigenvalue weighted by Crippen LogP contribution is 2.21. The summed E-state index contributed by atoms with van der Waals surface area (Å²) >= 11 is 5.87. The van der Waals surface area contributed by atoms with Crippen LogP contribution in [0.1, 0.15) is 31.7 Å². The summed E-state index contributed by atoms with van der Waals surface area (Å²) in [5.74, 6) is 0.426. The highest BCUT2D eigenvalue weighted by Gasteiger charge is 2.26. The third kappa shape index (κ3) is 5.71. The van der Waals surface area contributed by atoms with Gasteiger partial charge in [-0.2, -0.15) is 4.31 Å². The lowest BCUT2D eigenvalue weighted by molar-refractivity contribution is -0.119. The molecule has 0 spiro atoms. The van der Waals surface area contributed by atoms with Crippen LogP contribution in [0.5, 0.6) is 0 Å². The Balaban J connectivity index is 1.60. The molecule has 2 heterocycles. The van der Waals surface area contributed by atoms with Crippen molar-refractivity contribution < 1.29 is 13.2 Å². The largest absolute Gasteiger partial charge is 0.350 e. The maximum atomic E-state index is 12.8. The van der Waals surface area contributed by atoms with E-state index < -0.39 is 10.0 Å². The molecule has 0 aliphatic carbocycles. The van der Waals surface area contributed by atoms with Gasteiger partial charge in [0.2, 0.25) is 15.9 Å². The third-order valence-electron chi connectivity index (χ3n) is 5.12. The van der Waals surface area contributed by atoms with Gasteiger partial charge in [0.15, 0.2) is 0 Å². The van der Waals surface area contributed by atoms with Crippen LogP contribution in [-0.4, -0.2) is 49.8 Å². The Morgan fingerprint density at radius 3 is 2.43 bits per heavy atom. The molecule has 0 atom stereocenters. The number of likely N-dealkylation sites (N-methyl/N-ethyl adjacent to an activating group) is 1. The Morgan fingerprint density at radius 2 is 1.83 bits per heavy atom. The maximum Gasteiger partial charge on any atom is 0.244 e. The molecular weight excluding hydrogens is 424 g/mol. The fraction of sp³-hybridized carbons (Fsp3) is 0.429. The van der Waals surface area contributed by atoms with Gasteiger partial charge in [-0.15, -0.1) is 0 Å². The number of nitrogens with zero attached hydrogens (tertiary/aromatic N) is 3. The van der Waals surface area contributed by atoms with Crippen LogP contribution in [-0.2, 0) is 21.4 Å². The number of sulfonamides is 1. The first kappa shape index (κ1) is 22.5. The number of hydrogen-bond donors (Lipinski definition) is 1. The van der Waals surface area contributed by atoms with Gasteiger partial charge in [-0.25, -0.2) is 13.4 Å². The van der Waals surface area contributed by atoms with E-state index in [1.165, 1.54) is 10.5 Å². The van der Waals surface area contributed by atoms with Crippen LogP contribution >= 0.6 is 11.6 Å². The van der Waals surface area contributed by atoms with Gasteiger partial charge < -0.3 is 10.2 Å². The van der Waals surface area contributed by atoms with Crippen LogP contribution in [0.3, 0.4) is 0 Å². The first-order valence-corrected chi connectivity index (χ1v) is 11.9. The summed E-state index contributed by atoms with van der Waals surface area (Å²) in [5.41, 5.74) is 0.959. The van der Waals surface area contributed by atoms with Crippen molar-refractivity contribution in [2.75, 3.05) is 31.1 Å². The molecule has 2 aromatic rings. The lowest BCUT2D eigenvalue weighted by Crippen LogP contribution is -2.37. The minimum Gasteiger partial charge on any atom is -0.350 e. The predicted molar refractivity (Wildman–Crippen MR) is 118 cm³/mol. The molecule has 1 fully saturated rings. The van der Waals surface area contributed by atoms with E-state index in [2.05, 4.69) is 10.3 Å². The summed E-state index contributed by atoms with van der Waals surface area (Å²) in [5, 5.41) is 3.53. The summed E-state index contributed by atoms with van der Waals surface area (Å²) < 4.78 is 27.0. The number of halogens is 1. The van der Waals surface area contributed by atoms with Gasteiger partial charge in [0, 0.05) is 37.4 Å². The molecule has 0 saturated carbocycles. The molecule has 1 saturated heterocycles. The van der Waals surface area contributed by atoms with Crippen molar-refractivity contribution in [3.63, 3.8) is 0 Å². The normalized spacial score (nSPS) is 15.0. The Hall–Kier alpha value is -2.16. The van der Waals surface area contributed by atoms with Crippen molar-refractivity contribution in [2.24, 2.45) is 0 Å². The summed E-state index contributed by atoms with van der Waals surface area (Å²) in [7, 11) is -3.51. The molecule has 1 aliphatic heterocycles. The second-order valence-corrected chi connectivity index (χ2v) is 9.61. The average Bonchev–Trinajstić information content (AvgIpc) is 2.78. The van der Waals surface area contributed by atoms with Gasteiger partial charge >= 0.3 is 0 Å². The zero-order valence-corrected chi connectivity index (χ0v) is 18.6. The Labute approximate surface area is 183 Å². The van der Waals surface area contributed by atoms with Gasteiger partial charge in [0.25, 0.3) is 0 Å². The molecule has 1 aromatic heterocycles. The van der Waals surface area contributed by atoms with E-state index in [9.17, 15) is 13.2 Å². The smallest absolute Gasteiger partial charge is 0.244 e. The first-order valence-electron chi connectivity index (χ1n) is 10.1. The highest BCUT2D eigenvalue weighted by atomic mass is 35.5. The molecule has 30 heavy (non-hydrogen) atoms. The number of pyridine rings is 1. The third-order valence-corrected chi connectivity index (χ3v) is 7.25. The molecule has 9 heteroatoms. The number of nitrogens with one attached hydrogen (secondary N) is 1. The van der Waals surface area contributed by atoms with Crippen molar-refractivity contribution in [3.05, 3.63) is 53.2 Å². The first-order chi connectivity index (χ1) is 14.4. The molecule has 1 amide bonds. The number of rotatable bonds is 8. The molecule has 7 nitrogen and oxygen atoms in total. The second-order valence-electron chi connectivity index (χ2n) is 7.23. The summed E-state index contributed by atoms with van der Waals surface area (Å²) in [6, 6.07) is 10.5. The molecule has 1 N–H and O–H groups in total.